The fraction of sp³-hybridized carbons (Fsp3) is 0.556. The minimum atomic E-state index is -0.297. The molecule has 0 atom stereocenters. The SMILES string of the molecule is Cc1ccc(CN2CCC(c3nnc4n3CCNC4)CC2)cc1[N+](=O)[O-]. The first kappa shape index (κ1) is 17.1. The van der Waals surface area contributed by atoms with Gasteiger partial charge in [-0.25, -0.2) is 0 Å². The molecular formula is C18H24N6O2. The Morgan fingerprint density at radius 3 is 2.85 bits per heavy atom. The number of hydrogen-bond acceptors (Lipinski definition) is 6. The molecule has 0 bridgehead atoms. The predicted molar refractivity (Wildman–Crippen MR) is 96.8 cm³/mol. The van der Waals surface area contributed by atoms with E-state index in [1.54, 1.807) is 13.0 Å². The fourth-order valence-corrected chi connectivity index (χ4v) is 3.97. The molecule has 4 rings (SSSR count). The summed E-state index contributed by atoms with van der Waals surface area (Å²) < 4.78 is 2.28. The number of nitro groups is 1. The third kappa shape index (κ3) is 3.34. The molecule has 3 heterocycles. The van der Waals surface area contributed by atoms with Gasteiger partial charge in [-0.15, -0.1) is 10.2 Å². The Bertz CT molecular complexity index is 810. The first-order valence-electron chi connectivity index (χ1n) is 9.21. The van der Waals surface area contributed by atoms with Crippen molar-refractivity contribution in [3.05, 3.63) is 51.1 Å². The molecule has 8 heteroatoms. The first-order chi connectivity index (χ1) is 12.6. The van der Waals surface area contributed by atoms with Crippen molar-refractivity contribution in [2.75, 3.05) is 19.6 Å². The van der Waals surface area contributed by atoms with E-state index in [9.17, 15) is 10.1 Å². The summed E-state index contributed by atoms with van der Waals surface area (Å²) in [5.74, 6) is 2.63. The van der Waals surface area contributed by atoms with Crippen LogP contribution in [0.5, 0.6) is 0 Å². The summed E-state index contributed by atoms with van der Waals surface area (Å²) in [6.07, 6.45) is 2.11. The van der Waals surface area contributed by atoms with Gasteiger partial charge in [0.2, 0.25) is 0 Å². The van der Waals surface area contributed by atoms with Crippen LogP contribution in [-0.2, 0) is 19.6 Å². The van der Waals surface area contributed by atoms with Crippen LogP contribution in [0.2, 0.25) is 0 Å². The van der Waals surface area contributed by atoms with E-state index in [0.717, 1.165) is 69.3 Å². The second-order valence-corrected chi connectivity index (χ2v) is 7.23. The van der Waals surface area contributed by atoms with Crippen LogP contribution >= 0.6 is 0 Å². The smallest absolute Gasteiger partial charge is 0.272 e. The number of nitrogens with one attached hydrogen (secondary N) is 1. The third-order valence-corrected chi connectivity index (χ3v) is 5.48. The molecular weight excluding hydrogens is 332 g/mol. The molecule has 26 heavy (non-hydrogen) atoms. The lowest BCUT2D eigenvalue weighted by Gasteiger charge is -2.32. The molecule has 1 fully saturated rings. The van der Waals surface area contributed by atoms with E-state index in [1.807, 2.05) is 12.1 Å². The molecule has 8 nitrogen and oxygen atoms in total. The van der Waals surface area contributed by atoms with Crippen molar-refractivity contribution in [3.63, 3.8) is 0 Å². The molecule has 1 saturated heterocycles. The molecule has 0 spiro atoms. The van der Waals surface area contributed by atoms with Gasteiger partial charge in [-0.3, -0.25) is 15.0 Å². The highest BCUT2D eigenvalue weighted by Gasteiger charge is 2.27. The molecule has 0 amide bonds. The van der Waals surface area contributed by atoms with Crippen molar-refractivity contribution in [1.82, 2.24) is 25.0 Å². The van der Waals surface area contributed by atoms with Gasteiger partial charge in [0.05, 0.1) is 11.5 Å². The number of aromatic nitrogens is 3. The summed E-state index contributed by atoms with van der Waals surface area (Å²) in [6, 6.07) is 5.55. The standard InChI is InChI=1S/C18H24N6O2/c1-13-2-3-14(10-16(13)24(25)26)12-22-7-4-15(5-8-22)18-21-20-17-11-19-6-9-23(17)18/h2-3,10,15,19H,4-9,11-12H2,1H3. The molecule has 1 aromatic carbocycles. The van der Waals surface area contributed by atoms with Crippen LogP contribution in [0.15, 0.2) is 18.2 Å². The quantitative estimate of drug-likeness (QED) is 0.665. The van der Waals surface area contributed by atoms with Gasteiger partial charge in [-0.05, 0) is 38.4 Å². The lowest BCUT2D eigenvalue weighted by atomic mass is 9.95. The summed E-state index contributed by atoms with van der Waals surface area (Å²) in [5.41, 5.74) is 1.93. The topological polar surface area (TPSA) is 89.1 Å². The number of hydrogen-bond donors (Lipinski definition) is 1. The van der Waals surface area contributed by atoms with Crippen LogP contribution in [0.4, 0.5) is 5.69 Å². The molecule has 0 radical (unpaired) electrons. The number of benzene rings is 1. The maximum atomic E-state index is 11.1. The number of rotatable bonds is 4. The highest BCUT2D eigenvalue weighted by atomic mass is 16.6. The van der Waals surface area contributed by atoms with Gasteiger partial charge in [0.1, 0.15) is 11.6 Å². The summed E-state index contributed by atoms with van der Waals surface area (Å²) in [7, 11) is 0. The predicted octanol–water partition coefficient (Wildman–Crippen LogP) is 1.98. The van der Waals surface area contributed by atoms with Crippen molar-refractivity contribution < 1.29 is 4.92 Å². The number of nitrogens with zero attached hydrogens (tertiary/aromatic N) is 5. The Morgan fingerprint density at radius 1 is 1.27 bits per heavy atom. The lowest BCUT2D eigenvalue weighted by molar-refractivity contribution is -0.385. The van der Waals surface area contributed by atoms with Crippen molar-refractivity contribution in [3.8, 4) is 0 Å². The third-order valence-electron chi connectivity index (χ3n) is 5.48. The number of nitro benzene ring substituents is 1. The number of fused-ring (bicyclic) bond motifs is 1. The van der Waals surface area contributed by atoms with E-state index in [1.165, 1.54) is 0 Å². The Morgan fingerprint density at radius 2 is 2.08 bits per heavy atom. The number of likely N-dealkylation sites (tertiary alicyclic amines) is 1. The van der Waals surface area contributed by atoms with E-state index in [-0.39, 0.29) is 10.6 Å². The van der Waals surface area contributed by atoms with E-state index < -0.39 is 0 Å². The highest BCUT2D eigenvalue weighted by molar-refractivity contribution is 5.42. The van der Waals surface area contributed by atoms with Gasteiger partial charge in [-0.2, -0.15) is 0 Å². The highest BCUT2D eigenvalue weighted by Crippen LogP contribution is 2.29. The van der Waals surface area contributed by atoms with Crippen LogP contribution in [0.3, 0.4) is 0 Å². The maximum Gasteiger partial charge on any atom is 0.272 e. The monoisotopic (exact) mass is 356 g/mol. The minimum Gasteiger partial charge on any atom is -0.312 e. The summed E-state index contributed by atoms with van der Waals surface area (Å²) >= 11 is 0. The van der Waals surface area contributed by atoms with Gasteiger partial charge in [0, 0.05) is 37.2 Å². The van der Waals surface area contributed by atoms with E-state index in [0.29, 0.717) is 11.5 Å². The number of piperidine rings is 1. The first-order valence-corrected chi connectivity index (χ1v) is 9.21. The second-order valence-electron chi connectivity index (χ2n) is 7.23. The largest absolute Gasteiger partial charge is 0.312 e. The zero-order valence-electron chi connectivity index (χ0n) is 15.0. The Hall–Kier alpha value is -2.32. The van der Waals surface area contributed by atoms with Gasteiger partial charge < -0.3 is 9.88 Å². The van der Waals surface area contributed by atoms with Crippen molar-refractivity contribution in [1.29, 1.82) is 0 Å². The van der Waals surface area contributed by atoms with E-state index in [2.05, 4.69) is 25.0 Å². The molecule has 0 saturated carbocycles. The lowest BCUT2D eigenvalue weighted by Crippen LogP contribution is -2.34. The number of aryl methyl sites for hydroxylation is 1. The normalized spacial score (nSPS) is 18.7. The molecule has 0 aliphatic carbocycles. The Balaban J connectivity index is 1.39. The van der Waals surface area contributed by atoms with E-state index >= 15 is 0 Å². The summed E-state index contributed by atoms with van der Waals surface area (Å²) in [4.78, 5) is 13.2. The van der Waals surface area contributed by atoms with Crippen molar-refractivity contribution in [2.45, 2.75) is 45.3 Å². The zero-order valence-corrected chi connectivity index (χ0v) is 15.0. The maximum absolute atomic E-state index is 11.1. The average Bonchev–Trinajstić information content (AvgIpc) is 3.08. The summed E-state index contributed by atoms with van der Waals surface area (Å²) in [5, 5.41) is 23.2. The van der Waals surface area contributed by atoms with Crippen molar-refractivity contribution >= 4 is 5.69 Å². The van der Waals surface area contributed by atoms with E-state index in [4.69, 9.17) is 0 Å². The van der Waals surface area contributed by atoms with Gasteiger partial charge in [0.25, 0.3) is 5.69 Å². The minimum absolute atomic E-state index is 0.209. The molecule has 1 aromatic heterocycles. The zero-order chi connectivity index (χ0) is 18.1. The summed E-state index contributed by atoms with van der Waals surface area (Å²) in [6.45, 7) is 7.23. The molecule has 2 aliphatic rings. The van der Waals surface area contributed by atoms with Crippen LogP contribution in [0.1, 0.15) is 41.5 Å². The molecule has 138 valence electrons. The average molecular weight is 356 g/mol. The molecule has 2 aliphatic heterocycles. The van der Waals surface area contributed by atoms with Crippen LogP contribution < -0.4 is 5.32 Å². The fourth-order valence-electron chi connectivity index (χ4n) is 3.97. The van der Waals surface area contributed by atoms with Gasteiger partial charge in [0.15, 0.2) is 0 Å². The molecule has 0 unspecified atom stereocenters. The molecule has 2 aromatic rings. The van der Waals surface area contributed by atoms with Crippen LogP contribution in [-0.4, -0.2) is 44.2 Å². The van der Waals surface area contributed by atoms with Gasteiger partial charge in [-0.1, -0.05) is 12.1 Å². The Kier molecular flexibility index (Phi) is 4.69. The van der Waals surface area contributed by atoms with Crippen LogP contribution in [0, 0.1) is 17.0 Å². The van der Waals surface area contributed by atoms with Gasteiger partial charge >= 0.3 is 0 Å². The second kappa shape index (κ2) is 7.13. The molecule has 1 N–H and O–H groups in total. The Labute approximate surface area is 152 Å². The van der Waals surface area contributed by atoms with Crippen molar-refractivity contribution in [2.24, 2.45) is 0 Å². The van der Waals surface area contributed by atoms with Crippen LogP contribution in [0.25, 0.3) is 0 Å².